The van der Waals surface area contributed by atoms with E-state index in [1.165, 1.54) is 14.6 Å². The normalized spacial score (nSPS) is 11.7. The van der Waals surface area contributed by atoms with E-state index >= 15 is 0 Å². The average Bonchev–Trinajstić information content (AvgIpc) is 3.02. The van der Waals surface area contributed by atoms with Crippen LogP contribution in [-0.4, -0.2) is 19.6 Å². The van der Waals surface area contributed by atoms with Gasteiger partial charge in [-0.3, -0.25) is 4.99 Å². The smallest absolute Gasteiger partial charge is 0.191 e. The number of nitrogens with zero attached hydrogens (tertiary/aromatic N) is 1. The number of hydrogen-bond acceptors (Lipinski definition) is 3. The van der Waals surface area contributed by atoms with E-state index in [1.54, 1.807) is 29.7 Å². The zero-order chi connectivity index (χ0) is 14.4. The van der Waals surface area contributed by atoms with Crippen LogP contribution in [0.4, 0.5) is 0 Å². The van der Waals surface area contributed by atoms with Crippen LogP contribution in [0.2, 0.25) is 4.34 Å². The van der Waals surface area contributed by atoms with Crippen molar-refractivity contribution in [1.82, 2.24) is 10.6 Å². The summed E-state index contributed by atoms with van der Waals surface area (Å²) in [5.41, 5.74) is 0. The zero-order valence-electron chi connectivity index (χ0n) is 11.6. The van der Waals surface area contributed by atoms with Crippen molar-refractivity contribution in [2.45, 2.75) is 19.9 Å². The summed E-state index contributed by atoms with van der Waals surface area (Å²) in [4.78, 5) is 8.15. The van der Waals surface area contributed by atoms with Gasteiger partial charge in [-0.1, -0.05) is 11.6 Å². The van der Waals surface area contributed by atoms with Crippen LogP contribution in [-0.2, 0) is 13.0 Å². The first kappa shape index (κ1) is 15.4. The molecule has 0 saturated heterocycles. The molecule has 0 aliphatic rings. The molecular weight excluding hydrogens is 310 g/mol. The number of thiophene rings is 2. The maximum Gasteiger partial charge on any atom is 0.191 e. The Hall–Kier alpha value is -1.04. The summed E-state index contributed by atoms with van der Waals surface area (Å²) < 4.78 is 0.843. The van der Waals surface area contributed by atoms with E-state index in [1.807, 2.05) is 6.07 Å². The molecule has 0 unspecified atom stereocenters. The summed E-state index contributed by atoms with van der Waals surface area (Å²) in [6, 6.07) is 8.29. The van der Waals surface area contributed by atoms with E-state index in [0.717, 1.165) is 29.8 Å². The van der Waals surface area contributed by atoms with Crippen molar-refractivity contribution in [2.75, 3.05) is 13.6 Å². The monoisotopic (exact) mass is 327 g/mol. The first-order chi connectivity index (χ1) is 9.67. The Kier molecular flexibility index (Phi) is 5.88. The van der Waals surface area contributed by atoms with Gasteiger partial charge in [-0.15, -0.1) is 22.7 Å². The van der Waals surface area contributed by atoms with Gasteiger partial charge in [0.2, 0.25) is 0 Å². The molecule has 0 fully saturated rings. The van der Waals surface area contributed by atoms with Gasteiger partial charge in [-0.05, 0) is 37.6 Å². The number of halogens is 1. The molecule has 0 aromatic carbocycles. The minimum Gasteiger partial charge on any atom is -0.356 e. The first-order valence-corrected chi connectivity index (χ1v) is 8.42. The number of aliphatic imine (C=N–C) groups is 1. The fourth-order valence-corrected chi connectivity index (χ4v) is 3.68. The number of guanidine groups is 1. The molecular formula is C14H18ClN3S2. The van der Waals surface area contributed by atoms with Gasteiger partial charge in [0.25, 0.3) is 0 Å². The van der Waals surface area contributed by atoms with Crippen molar-refractivity contribution in [1.29, 1.82) is 0 Å². The fraction of sp³-hybridized carbons (Fsp3) is 0.357. The van der Waals surface area contributed by atoms with Gasteiger partial charge in [0.05, 0.1) is 10.9 Å². The molecule has 2 aromatic rings. The Morgan fingerprint density at radius 2 is 1.95 bits per heavy atom. The van der Waals surface area contributed by atoms with Crippen LogP contribution < -0.4 is 10.6 Å². The molecule has 108 valence electrons. The Balaban J connectivity index is 1.72. The molecule has 6 heteroatoms. The van der Waals surface area contributed by atoms with Gasteiger partial charge in [0.15, 0.2) is 5.96 Å². The van der Waals surface area contributed by atoms with Gasteiger partial charge in [0.1, 0.15) is 0 Å². The SMILES string of the molecule is CN=C(NCCc1ccc(Cl)s1)NCc1ccc(C)s1. The number of aryl methyl sites for hydroxylation is 1. The molecule has 20 heavy (non-hydrogen) atoms. The zero-order valence-corrected chi connectivity index (χ0v) is 14.0. The molecule has 0 bridgehead atoms. The molecule has 2 aromatic heterocycles. The molecule has 0 amide bonds. The summed E-state index contributed by atoms with van der Waals surface area (Å²) in [5.74, 6) is 0.832. The van der Waals surface area contributed by atoms with E-state index in [9.17, 15) is 0 Å². The largest absolute Gasteiger partial charge is 0.356 e. The second kappa shape index (κ2) is 7.67. The summed E-state index contributed by atoms with van der Waals surface area (Å²) in [7, 11) is 1.79. The third-order valence-corrected chi connectivity index (χ3v) is 5.03. The molecule has 3 nitrogen and oxygen atoms in total. The van der Waals surface area contributed by atoms with Gasteiger partial charge in [-0.25, -0.2) is 0 Å². The molecule has 2 rings (SSSR count). The molecule has 2 heterocycles. The maximum absolute atomic E-state index is 5.91. The fourth-order valence-electron chi connectivity index (χ4n) is 1.76. The highest BCUT2D eigenvalue weighted by Crippen LogP contribution is 2.21. The molecule has 2 N–H and O–H groups in total. The number of rotatable bonds is 5. The molecule has 0 aliphatic heterocycles. The average molecular weight is 328 g/mol. The summed E-state index contributed by atoms with van der Waals surface area (Å²) in [5, 5.41) is 6.63. The summed E-state index contributed by atoms with van der Waals surface area (Å²) in [6.45, 7) is 3.77. The van der Waals surface area contributed by atoms with Crippen LogP contribution in [0, 0.1) is 6.92 Å². The summed E-state index contributed by atoms with van der Waals surface area (Å²) in [6.07, 6.45) is 0.955. The lowest BCUT2D eigenvalue weighted by Crippen LogP contribution is -2.37. The van der Waals surface area contributed by atoms with E-state index in [-0.39, 0.29) is 0 Å². The molecule has 0 aliphatic carbocycles. The Morgan fingerprint density at radius 1 is 1.15 bits per heavy atom. The van der Waals surface area contributed by atoms with Crippen molar-refractivity contribution in [2.24, 2.45) is 4.99 Å². The number of hydrogen-bond donors (Lipinski definition) is 2. The third kappa shape index (κ3) is 4.81. The Morgan fingerprint density at radius 3 is 2.55 bits per heavy atom. The molecule has 0 saturated carbocycles. The highest BCUT2D eigenvalue weighted by atomic mass is 35.5. The second-order valence-electron chi connectivity index (χ2n) is 4.32. The van der Waals surface area contributed by atoms with Crippen LogP contribution in [0.15, 0.2) is 29.3 Å². The minimum absolute atomic E-state index is 0.809. The first-order valence-electron chi connectivity index (χ1n) is 6.41. The van der Waals surface area contributed by atoms with Crippen molar-refractivity contribution < 1.29 is 0 Å². The van der Waals surface area contributed by atoms with Gasteiger partial charge < -0.3 is 10.6 Å². The Labute approximate surface area is 132 Å². The van der Waals surface area contributed by atoms with Crippen molar-refractivity contribution in [3.05, 3.63) is 43.2 Å². The lowest BCUT2D eigenvalue weighted by molar-refractivity contribution is 0.804. The maximum atomic E-state index is 5.91. The van der Waals surface area contributed by atoms with Crippen LogP contribution >= 0.6 is 34.3 Å². The lowest BCUT2D eigenvalue weighted by Gasteiger charge is -2.10. The standard InChI is InChI=1S/C14H18ClN3S2/c1-10-3-4-12(19-10)9-18-14(16-2)17-8-7-11-5-6-13(15)20-11/h3-6H,7-9H2,1-2H3,(H2,16,17,18). The quantitative estimate of drug-likeness (QED) is 0.649. The Bertz CT molecular complexity index is 574. The van der Waals surface area contributed by atoms with E-state index in [4.69, 9.17) is 11.6 Å². The molecule has 0 spiro atoms. The summed E-state index contributed by atoms with van der Waals surface area (Å²) >= 11 is 9.34. The highest BCUT2D eigenvalue weighted by Gasteiger charge is 2.01. The van der Waals surface area contributed by atoms with Crippen molar-refractivity contribution >= 4 is 40.2 Å². The van der Waals surface area contributed by atoms with Gasteiger partial charge in [0, 0.05) is 28.2 Å². The molecule has 0 atom stereocenters. The molecule has 0 radical (unpaired) electrons. The minimum atomic E-state index is 0.809. The highest BCUT2D eigenvalue weighted by molar-refractivity contribution is 7.16. The van der Waals surface area contributed by atoms with Gasteiger partial charge >= 0.3 is 0 Å². The predicted molar refractivity (Wildman–Crippen MR) is 90.3 cm³/mol. The van der Waals surface area contributed by atoms with Crippen LogP contribution in [0.25, 0.3) is 0 Å². The van der Waals surface area contributed by atoms with Gasteiger partial charge in [-0.2, -0.15) is 0 Å². The van der Waals surface area contributed by atoms with E-state index < -0.39 is 0 Å². The topological polar surface area (TPSA) is 36.4 Å². The predicted octanol–water partition coefficient (Wildman–Crippen LogP) is 3.68. The van der Waals surface area contributed by atoms with Crippen LogP contribution in [0.5, 0.6) is 0 Å². The van der Waals surface area contributed by atoms with E-state index in [0.29, 0.717) is 0 Å². The second-order valence-corrected chi connectivity index (χ2v) is 7.49. The van der Waals surface area contributed by atoms with E-state index in [2.05, 4.69) is 40.7 Å². The number of nitrogens with one attached hydrogen (secondary N) is 2. The lowest BCUT2D eigenvalue weighted by atomic mass is 10.3. The van der Waals surface area contributed by atoms with Crippen molar-refractivity contribution in [3.63, 3.8) is 0 Å². The van der Waals surface area contributed by atoms with Crippen LogP contribution in [0.3, 0.4) is 0 Å². The third-order valence-electron chi connectivity index (χ3n) is 2.74. The van der Waals surface area contributed by atoms with Crippen molar-refractivity contribution in [3.8, 4) is 0 Å². The van der Waals surface area contributed by atoms with Crippen LogP contribution in [0.1, 0.15) is 14.6 Å².